The van der Waals surface area contributed by atoms with E-state index in [-0.39, 0.29) is 18.8 Å². The van der Waals surface area contributed by atoms with Gasteiger partial charge in [0.25, 0.3) is 5.91 Å². The number of benzene rings is 2. The summed E-state index contributed by atoms with van der Waals surface area (Å²) in [6.07, 6.45) is -0.301. The number of nitrogens with one attached hydrogen (secondary N) is 1. The molecule has 0 bridgehead atoms. The molecule has 2 aromatic carbocycles. The summed E-state index contributed by atoms with van der Waals surface area (Å²) >= 11 is 0. The van der Waals surface area contributed by atoms with Gasteiger partial charge in [-0.2, -0.15) is 0 Å². The SMILES string of the molecule is Cc1ccc(OCC(=O)Nc2ccc(C3OCCO3)cc2)cc1. The first kappa shape index (κ1) is 15.5. The van der Waals surface area contributed by atoms with E-state index in [1.807, 2.05) is 55.5 Å². The fourth-order valence-electron chi connectivity index (χ4n) is 2.25. The number of hydrogen-bond acceptors (Lipinski definition) is 4. The van der Waals surface area contributed by atoms with Crippen LogP contribution in [0.3, 0.4) is 0 Å². The molecule has 0 saturated carbocycles. The molecule has 1 aliphatic rings. The van der Waals surface area contributed by atoms with Crippen LogP contribution in [0.15, 0.2) is 48.5 Å². The van der Waals surface area contributed by atoms with Gasteiger partial charge in [0.1, 0.15) is 5.75 Å². The van der Waals surface area contributed by atoms with Crippen molar-refractivity contribution < 1.29 is 19.0 Å². The van der Waals surface area contributed by atoms with E-state index in [0.29, 0.717) is 24.7 Å². The van der Waals surface area contributed by atoms with Crippen LogP contribution >= 0.6 is 0 Å². The van der Waals surface area contributed by atoms with Gasteiger partial charge in [-0.15, -0.1) is 0 Å². The average molecular weight is 313 g/mol. The van der Waals surface area contributed by atoms with E-state index in [9.17, 15) is 4.79 Å². The van der Waals surface area contributed by atoms with Gasteiger partial charge in [0.15, 0.2) is 12.9 Å². The average Bonchev–Trinajstić information content (AvgIpc) is 3.09. The van der Waals surface area contributed by atoms with Gasteiger partial charge in [-0.05, 0) is 31.2 Å². The maximum atomic E-state index is 11.9. The molecule has 0 spiro atoms. The zero-order valence-electron chi connectivity index (χ0n) is 13.0. The number of ether oxygens (including phenoxy) is 3. The van der Waals surface area contributed by atoms with Crippen LogP contribution in [0.25, 0.3) is 0 Å². The zero-order valence-corrected chi connectivity index (χ0v) is 13.0. The molecule has 120 valence electrons. The lowest BCUT2D eigenvalue weighted by Gasteiger charge is -2.11. The summed E-state index contributed by atoms with van der Waals surface area (Å²) in [4.78, 5) is 11.9. The van der Waals surface area contributed by atoms with Gasteiger partial charge in [-0.3, -0.25) is 4.79 Å². The summed E-state index contributed by atoms with van der Waals surface area (Å²) in [5, 5.41) is 2.80. The van der Waals surface area contributed by atoms with Crippen molar-refractivity contribution in [2.75, 3.05) is 25.1 Å². The van der Waals surface area contributed by atoms with Gasteiger partial charge < -0.3 is 19.5 Å². The van der Waals surface area contributed by atoms with Crippen molar-refractivity contribution in [3.63, 3.8) is 0 Å². The Morgan fingerprint density at radius 1 is 1.09 bits per heavy atom. The summed E-state index contributed by atoms with van der Waals surface area (Å²) < 4.78 is 16.3. The minimum Gasteiger partial charge on any atom is -0.484 e. The van der Waals surface area contributed by atoms with Crippen molar-refractivity contribution in [1.29, 1.82) is 0 Å². The van der Waals surface area contributed by atoms with Gasteiger partial charge in [0, 0.05) is 11.3 Å². The lowest BCUT2D eigenvalue weighted by molar-refractivity contribution is -0.118. The van der Waals surface area contributed by atoms with Gasteiger partial charge >= 0.3 is 0 Å². The number of aryl methyl sites for hydroxylation is 1. The minimum absolute atomic E-state index is 0.0281. The topological polar surface area (TPSA) is 56.8 Å². The first-order valence-electron chi connectivity index (χ1n) is 7.53. The van der Waals surface area contributed by atoms with Crippen molar-refractivity contribution in [2.24, 2.45) is 0 Å². The largest absolute Gasteiger partial charge is 0.484 e. The molecule has 0 aromatic heterocycles. The fourth-order valence-corrected chi connectivity index (χ4v) is 2.25. The van der Waals surface area contributed by atoms with Crippen LogP contribution in [0.4, 0.5) is 5.69 Å². The van der Waals surface area contributed by atoms with E-state index in [1.165, 1.54) is 0 Å². The summed E-state index contributed by atoms with van der Waals surface area (Å²) in [5.41, 5.74) is 2.80. The Morgan fingerprint density at radius 2 is 1.74 bits per heavy atom. The molecule has 1 aliphatic heterocycles. The van der Waals surface area contributed by atoms with Crippen LogP contribution < -0.4 is 10.1 Å². The Bertz CT molecular complexity index is 646. The lowest BCUT2D eigenvalue weighted by Crippen LogP contribution is -2.20. The summed E-state index contributed by atoms with van der Waals surface area (Å²) in [6.45, 7) is 3.19. The Balaban J connectivity index is 1.50. The van der Waals surface area contributed by atoms with E-state index < -0.39 is 0 Å². The summed E-state index contributed by atoms with van der Waals surface area (Å²) in [5.74, 6) is 0.475. The number of hydrogen-bond donors (Lipinski definition) is 1. The third-order valence-corrected chi connectivity index (χ3v) is 3.48. The molecular weight excluding hydrogens is 294 g/mol. The molecule has 5 nitrogen and oxygen atoms in total. The molecule has 0 radical (unpaired) electrons. The van der Waals surface area contributed by atoms with Crippen molar-refractivity contribution in [3.8, 4) is 5.75 Å². The summed E-state index contributed by atoms with van der Waals surface area (Å²) in [6, 6.07) is 15.0. The maximum Gasteiger partial charge on any atom is 0.262 e. The van der Waals surface area contributed by atoms with E-state index in [0.717, 1.165) is 11.1 Å². The number of carbonyl (C=O) groups excluding carboxylic acids is 1. The molecule has 1 saturated heterocycles. The smallest absolute Gasteiger partial charge is 0.262 e. The highest BCUT2D eigenvalue weighted by Gasteiger charge is 2.17. The molecule has 3 rings (SSSR count). The fraction of sp³-hybridized carbons (Fsp3) is 0.278. The summed E-state index contributed by atoms with van der Waals surface area (Å²) in [7, 11) is 0. The van der Waals surface area contributed by atoms with Crippen LogP contribution in [-0.2, 0) is 14.3 Å². The first-order chi connectivity index (χ1) is 11.2. The second kappa shape index (κ2) is 7.26. The second-order valence-electron chi connectivity index (χ2n) is 5.35. The maximum absolute atomic E-state index is 11.9. The van der Waals surface area contributed by atoms with Crippen molar-refractivity contribution in [2.45, 2.75) is 13.2 Å². The highest BCUT2D eigenvalue weighted by Crippen LogP contribution is 2.24. The van der Waals surface area contributed by atoms with E-state index >= 15 is 0 Å². The van der Waals surface area contributed by atoms with Gasteiger partial charge in [-0.1, -0.05) is 29.8 Å². The number of amides is 1. The highest BCUT2D eigenvalue weighted by molar-refractivity contribution is 5.91. The zero-order chi connectivity index (χ0) is 16.1. The first-order valence-corrected chi connectivity index (χ1v) is 7.53. The number of anilines is 1. The predicted molar refractivity (Wildman–Crippen MR) is 86.4 cm³/mol. The Kier molecular flexibility index (Phi) is 4.90. The molecule has 0 atom stereocenters. The Labute approximate surface area is 135 Å². The standard InChI is InChI=1S/C18H19NO4/c1-13-2-8-16(9-3-13)23-12-17(20)19-15-6-4-14(5-7-15)18-21-10-11-22-18/h2-9,18H,10-12H2,1H3,(H,19,20). The van der Waals surface area contributed by atoms with Gasteiger partial charge in [0.2, 0.25) is 0 Å². The van der Waals surface area contributed by atoms with E-state index in [2.05, 4.69) is 5.32 Å². The minimum atomic E-state index is -0.301. The predicted octanol–water partition coefficient (Wildman–Crippen LogP) is 3.06. The van der Waals surface area contributed by atoms with Gasteiger partial charge in [0.05, 0.1) is 13.2 Å². The van der Waals surface area contributed by atoms with E-state index in [1.54, 1.807) is 0 Å². The molecule has 1 heterocycles. The van der Waals surface area contributed by atoms with Crippen LogP contribution in [-0.4, -0.2) is 25.7 Å². The van der Waals surface area contributed by atoms with E-state index in [4.69, 9.17) is 14.2 Å². The van der Waals surface area contributed by atoms with Crippen LogP contribution in [0.5, 0.6) is 5.75 Å². The monoisotopic (exact) mass is 313 g/mol. The van der Waals surface area contributed by atoms with Crippen molar-refractivity contribution in [1.82, 2.24) is 0 Å². The van der Waals surface area contributed by atoms with Crippen LogP contribution in [0, 0.1) is 6.92 Å². The third-order valence-electron chi connectivity index (χ3n) is 3.48. The highest BCUT2D eigenvalue weighted by atomic mass is 16.7. The number of carbonyl (C=O) groups is 1. The van der Waals surface area contributed by atoms with Crippen molar-refractivity contribution >= 4 is 11.6 Å². The lowest BCUT2D eigenvalue weighted by atomic mass is 10.2. The quantitative estimate of drug-likeness (QED) is 0.922. The number of rotatable bonds is 5. The third kappa shape index (κ3) is 4.31. The molecular formula is C18H19NO4. The molecule has 5 heteroatoms. The molecule has 1 fully saturated rings. The van der Waals surface area contributed by atoms with Crippen LogP contribution in [0.2, 0.25) is 0 Å². The normalized spacial score (nSPS) is 14.7. The molecule has 1 amide bonds. The molecule has 2 aromatic rings. The Hall–Kier alpha value is -2.37. The molecule has 23 heavy (non-hydrogen) atoms. The molecule has 1 N–H and O–H groups in total. The second-order valence-corrected chi connectivity index (χ2v) is 5.35. The molecule has 0 aliphatic carbocycles. The van der Waals surface area contributed by atoms with Crippen LogP contribution in [0.1, 0.15) is 17.4 Å². The van der Waals surface area contributed by atoms with Gasteiger partial charge in [-0.25, -0.2) is 0 Å². The molecule has 0 unspecified atom stereocenters. The Morgan fingerprint density at radius 3 is 2.39 bits per heavy atom. The van der Waals surface area contributed by atoms with Crippen molar-refractivity contribution in [3.05, 3.63) is 59.7 Å².